The predicted octanol–water partition coefficient (Wildman–Crippen LogP) is 2.84. The molecule has 1 aliphatic heterocycles. The Hall–Kier alpha value is -3.88. The topological polar surface area (TPSA) is 119 Å². The van der Waals surface area contributed by atoms with Crippen molar-refractivity contribution in [1.82, 2.24) is 20.4 Å². The fourth-order valence-electron chi connectivity index (χ4n) is 4.29. The highest BCUT2D eigenvalue weighted by atomic mass is 16.4. The van der Waals surface area contributed by atoms with Gasteiger partial charge in [-0.1, -0.05) is 47.5 Å². The summed E-state index contributed by atoms with van der Waals surface area (Å²) in [7, 11) is 0. The molecular formula is C26H32N4O5. The van der Waals surface area contributed by atoms with Crippen LogP contribution in [0.1, 0.15) is 52.9 Å². The highest BCUT2D eigenvalue weighted by molar-refractivity contribution is 5.99. The van der Waals surface area contributed by atoms with Gasteiger partial charge < -0.3 is 20.6 Å². The molecule has 2 aromatic rings. The van der Waals surface area contributed by atoms with E-state index in [1.165, 1.54) is 9.80 Å². The van der Waals surface area contributed by atoms with E-state index < -0.39 is 30.1 Å². The number of nitrogens with zero attached hydrogens (tertiary/aromatic N) is 2. The summed E-state index contributed by atoms with van der Waals surface area (Å²) in [5.74, 6) is -2.05. The number of urea groups is 1. The molecule has 2 atom stereocenters. The molecule has 4 amide bonds. The molecule has 9 heteroatoms. The lowest BCUT2D eigenvalue weighted by molar-refractivity contribution is -0.138. The lowest BCUT2D eigenvalue weighted by Gasteiger charge is -2.43. The Kier molecular flexibility index (Phi) is 8.46. The van der Waals surface area contributed by atoms with E-state index in [1.807, 2.05) is 32.0 Å². The monoisotopic (exact) mass is 480 g/mol. The maximum atomic E-state index is 13.7. The summed E-state index contributed by atoms with van der Waals surface area (Å²) in [5, 5.41) is 15.0. The van der Waals surface area contributed by atoms with Crippen molar-refractivity contribution in [2.75, 3.05) is 19.6 Å². The van der Waals surface area contributed by atoms with Gasteiger partial charge in [0.15, 0.2) is 6.17 Å². The highest BCUT2D eigenvalue weighted by Gasteiger charge is 2.41. The molecule has 35 heavy (non-hydrogen) atoms. The SMILES string of the molecule is CCNC(=O)N1CCCN(C(=O)c2cccc(C)c2)C1C(=O)NC(CC(=O)O)c1cccc(C)c1. The van der Waals surface area contributed by atoms with Crippen molar-refractivity contribution in [1.29, 1.82) is 0 Å². The van der Waals surface area contributed by atoms with Crippen LogP contribution >= 0.6 is 0 Å². The smallest absolute Gasteiger partial charge is 0.319 e. The third-order valence-corrected chi connectivity index (χ3v) is 5.88. The minimum atomic E-state index is -1.22. The van der Waals surface area contributed by atoms with Crippen LogP contribution in [0.3, 0.4) is 0 Å². The number of carboxylic acid groups (broad SMARTS) is 1. The lowest BCUT2D eigenvalue weighted by Crippen LogP contribution is -2.65. The molecule has 3 N–H and O–H groups in total. The number of aryl methyl sites for hydroxylation is 2. The van der Waals surface area contributed by atoms with E-state index in [4.69, 9.17) is 0 Å². The van der Waals surface area contributed by atoms with Gasteiger partial charge >= 0.3 is 12.0 Å². The molecule has 3 rings (SSSR count). The number of hydrogen-bond donors (Lipinski definition) is 3. The Labute approximate surface area is 205 Å². The van der Waals surface area contributed by atoms with Gasteiger partial charge in [0, 0.05) is 25.2 Å². The summed E-state index contributed by atoms with van der Waals surface area (Å²) in [5.41, 5.74) is 2.87. The zero-order valence-corrected chi connectivity index (χ0v) is 20.3. The van der Waals surface area contributed by atoms with Gasteiger partial charge in [0.2, 0.25) is 0 Å². The Morgan fingerprint density at radius 2 is 1.66 bits per heavy atom. The summed E-state index contributed by atoms with van der Waals surface area (Å²) in [4.78, 5) is 54.3. The minimum Gasteiger partial charge on any atom is -0.481 e. The molecule has 0 radical (unpaired) electrons. The molecule has 0 saturated carbocycles. The van der Waals surface area contributed by atoms with Crippen LogP contribution in [-0.2, 0) is 9.59 Å². The van der Waals surface area contributed by atoms with Crippen molar-refractivity contribution in [3.05, 3.63) is 70.8 Å². The second-order valence-electron chi connectivity index (χ2n) is 8.70. The summed E-state index contributed by atoms with van der Waals surface area (Å²) < 4.78 is 0. The third kappa shape index (κ3) is 6.38. The van der Waals surface area contributed by atoms with Crippen molar-refractivity contribution in [3.63, 3.8) is 0 Å². The Bertz CT molecular complexity index is 1100. The number of hydrogen-bond acceptors (Lipinski definition) is 4. The lowest BCUT2D eigenvalue weighted by atomic mass is 10.0. The standard InChI is InChI=1S/C26H32N4O5/c1-4-27-26(35)30-13-7-12-29(25(34)20-11-6-9-18(3)15-20)24(30)23(33)28-21(16-22(31)32)19-10-5-8-17(2)14-19/h5-6,8-11,14-15,21,24H,4,7,12-13,16H2,1-3H3,(H,27,35)(H,28,33)(H,31,32). The van der Waals surface area contributed by atoms with Crippen molar-refractivity contribution in [2.45, 2.75) is 45.8 Å². The predicted molar refractivity (Wildman–Crippen MR) is 131 cm³/mol. The van der Waals surface area contributed by atoms with Crippen LogP contribution in [0.15, 0.2) is 48.5 Å². The van der Waals surface area contributed by atoms with Crippen molar-refractivity contribution < 1.29 is 24.3 Å². The molecule has 1 aliphatic rings. The first-order chi connectivity index (χ1) is 16.7. The zero-order valence-electron chi connectivity index (χ0n) is 20.3. The summed E-state index contributed by atoms with van der Waals surface area (Å²) >= 11 is 0. The van der Waals surface area contributed by atoms with E-state index in [1.54, 1.807) is 37.3 Å². The molecule has 186 valence electrons. The van der Waals surface area contributed by atoms with E-state index in [2.05, 4.69) is 10.6 Å². The first kappa shape index (κ1) is 25.7. The number of carbonyl (C=O) groups is 4. The number of carbonyl (C=O) groups excluding carboxylic acids is 3. The average Bonchev–Trinajstić information content (AvgIpc) is 2.82. The average molecular weight is 481 g/mol. The van der Waals surface area contributed by atoms with Gasteiger partial charge in [0.1, 0.15) is 0 Å². The van der Waals surface area contributed by atoms with E-state index in [0.29, 0.717) is 24.1 Å². The summed E-state index contributed by atoms with van der Waals surface area (Å²) in [6.45, 7) is 6.46. The molecule has 2 aromatic carbocycles. The van der Waals surface area contributed by atoms with Gasteiger partial charge in [-0.2, -0.15) is 0 Å². The molecule has 1 heterocycles. The first-order valence-electron chi connectivity index (χ1n) is 11.7. The molecular weight excluding hydrogens is 448 g/mol. The quantitative estimate of drug-likeness (QED) is 0.563. The van der Waals surface area contributed by atoms with Crippen LogP contribution in [0.2, 0.25) is 0 Å². The Balaban J connectivity index is 1.96. The largest absolute Gasteiger partial charge is 0.481 e. The van der Waals surface area contributed by atoms with Crippen LogP contribution < -0.4 is 10.6 Å². The molecule has 2 unspecified atom stereocenters. The van der Waals surface area contributed by atoms with E-state index in [9.17, 15) is 24.3 Å². The second kappa shape index (κ2) is 11.5. The molecule has 0 spiro atoms. The van der Waals surface area contributed by atoms with Crippen molar-refractivity contribution in [2.24, 2.45) is 0 Å². The first-order valence-corrected chi connectivity index (χ1v) is 11.7. The van der Waals surface area contributed by atoms with Crippen molar-refractivity contribution in [3.8, 4) is 0 Å². The van der Waals surface area contributed by atoms with Gasteiger partial charge in [-0.3, -0.25) is 19.3 Å². The highest BCUT2D eigenvalue weighted by Crippen LogP contribution is 2.23. The van der Waals surface area contributed by atoms with Gasteiger partial charge in [0.25, 0.3) is 11.8 Å². The number of nitrogens with one attached hydrogen (secondary N) is 2. The van der Waals surface area contributed by atoms with Crippen LogP contribution in [0, 0.1) is 13.8 Å². The molecule has 0 bridgehead atoms. The zero-order chi connectivity index (χ0) is 25.5. The number of carboxylic acids is 1. The maximum Gasteiger partial charge on any atom is 0.319 e. The fourth-order valence-corrected chi connectivity index (χ4v) is 4.29. The molecule has 0 aromatic heterocycles. The van der Waals surface area contributed by atoms with E-state index in [0.717, 1.165) is 11.1 Å². The molecule has 1 saturated heterocycles. The molecule has 9 nitrogen and oxygen atoms in total. The van der Waals surface area contributed by atoms with Crippen LogP contribution in [0.25, 0.3) is 0 Å². The normalized spacial score (nSPS) is 16.4. The minimum absolute atomic E-state index is 0.287. The summed E-state index contributed by atoms with van der Waals surface area (Å²) in [6, 6.07) is 13.0. The summed E-state index contributed by atoms with van der Waals surface area (Å²) in [6.07, 6.45) is -1.05. The third-order valence-electron chi connectivity index (χ3n) is 5.88. The number of rotatable bonds is 7. The number of amides is 4. The number of aliphatic carboxylic acids is 1. The van der Waals surface area contributed by atoms with Gasteiger partial charge in [-0.15, -0.1) is 0 Å². The molecule has 0 aliphatic carbocycles. The fraction of sp³-hybridized carbons (Fsp3) is 0.385. The Morgan fingerprint density at radius 3 is 2.29 bits per heavy atom. The Morgan fingerprint density at radius 1 is 1.00 bits per heavy atom. The molecule has 1 fully saturated rings. The van der Waals surface area contributed by atoms with Crippen LogP contribution in [0.5, 0.6) is 0 Å². The van der Waals surface area contributed by atoms with Gasteiger partial charge in [-0.05, 0) is 44.9 Å². The second-order valence-corrected chi connectivity index (χ2v) is 8.70. The maximum absolute atomic E-state index is 13.7. The van der Waals surface area contributed by atoms with E-state index in [-0.39, 0.29) is 25.4 Å². The van der Waals surface area contributed by atoms with E-state index >= 15 is 0 Å². The van der Waals surface area contributed by atoms with Crippen LogP contribution in [0.4, 0.5) is 4.79 Å². The number of benzene rings is 2. The van der Waals surface area contributed by atoms with Crippen molar-refractivity contribution >= 4 is 23.8 Å². The van der Waals surface area contributed by atoms with Gasteiger partial charge in [0.05, 0.1) is 12.5 Å². The van der Waals surface area contributed by atoms with Gasteiger partial charge in [-0.25, -0.2) is 4.79 Å². The van der Waals surface area contributed by atoms with Crippen LogP contribution in [-0.4, -0.2) is 64.5 Å².